The average Bonchev–Trinajstić information content (AvgIpc) is 0.820. The molecule has 0 spiro atoms. The summed E-state index contributed by atoms with van der Waals surface area (Å²) in [5.41, 5.74) is 6.90. The molecule has 7 atom stereocenters. The number of amides is 6. The summed E-state index contributed by atoms with van der Waals surface area (Å²) in [6, 6.07) is 7.36. The highest BCUT2D eigenvalue weighted by Crippen LogP contribution is 2.21. The number of unbranched alkanes of at least 4 members (excludes halogenated alkanes) is 15. The van der Waals surface area contributed by atoms with Crippen molar-refractivity contribution >= 4 is 92.6 Å². The van der Waals surface area contributed by atoms with E-state index in [0.717, 1.165) is 61.2 Å². The van der Waals surface area contributed by atoms with Crippen molar-refractivity contribution in [3.05, 3.63) is 71.3 Å². The molecule has 6 amide bonds. The van der Waals surface area contributed by atoms with Crippen LogP contribution in [0.3, 0.4) is 0 Å². The number of primary amides is 1. The van der Waals surface area contributed by atoms with Gasteiger partial charge in [0.15, 0.2) is 17.3 Å². The molecule has 0 saturated carbocycles. The highest BCUT2D eigenvalue weighted by Gasteiger charge is 2.39. The number of nitrogens with zero attached hydrogens (tertiary/aromatic N) is 2. The standard InChI is InChI=1S/C80H125N7O25S/c1-5-7-31-65(70(91)53-83-66(32-8-6-2)78(102)87(4)69(52-74(97)98)79(103)86(3)68(75(81)99)48-57-27-22-21-23-28-57)84-77(101)67(47-58-34-36-59(37-35-58)56-113(106,107)108)85-76(100)61(51-73(95)96)50-64(90)55-112-45-43-109-41-26-30-63(89)54-111-46-44-110-42-40-82-71(92)39-38-60(80(104)105)49-62(88)29-24-19-17-15-13-11-9-10-12-14-16-18-20-25-33-72(93)94/h21-23,27-28,34-37,60-61,65-69,83H,5-20,24-26,29-33,38-56H2,1-4H3,(H2,81,99)(H,82,92)(H,84,101)(H,85,100)(H,93,94)(H,95,96)(H,97,98)(H,104,105)(H,106,107,108)/t60-,61-,65+,66+,67+,68+,69-/m1/s1. The predicted molar refractivity (Wildman–Crippen MR) is 417 cm³/mol. The third-order valence-electron chi connectivity index (χ3n) is 19.0. The first-order valence-electron chi connectivity index (χ1n) is 39.6. The Kier molecular flexibility index (Phi) is 52.8. The van der Waals surface area contributed by atoms with Gasteiger partial charge in [-0.05, 0) is 55.2 Å². The van der Waals surface area contributed by atoms with E-state index in [1.54, 1.807) is 30.3 Å². The number of nitrogens with two attached hydrogens (primary N) is 1. The van der Waals surface area contributed by atoms with Gasteiger partial charge in [0.2, 0.25) is 35.4 Å². The van der Waals surface area contributed by atoms with Crippen molar-refractivity contribution in [1.82, 2.24) is 31.1 Å². The van der Waals surface area contributed by atoms with Crippen molar-refractivity contribution in [2.45, 2.75) is 255 Å². The van der Waals surface area contributed by atoms with Gasteiger partial charge in [-0.2, -0.15) is 8.42 Å². The van der Waals surface area contributed by atoms with Gasteiger partial charge in [-0.3, -0.25) is 77.0 Å². The van der Waals surface area contributed by atoms with Crippen LogP contribution in [0.15, 0.2) is 54.6 Å². The lowest BCUT2D eigenvalue weighted by Gasteiger charge is -2.35. The van der Waals surface area contributed by atoms with Crippen LogP contribution >= 0.6 is 0 Å². The van der Waals surface area contributed by atoms with Crippen LogP contribution in [0.1, 0.15) is 223 Å². The van der Waals surface area contributed by atoms with Crippen LogP contribution in [0, 0.1) is 11.8 Å². The second-order valence-corrected chi connectivity index (χ2v) is 30.1. The van der Waals surface area contributed by atoms with E-state index in [-0.39, 0.29) is 134 Å². The van der Waals surface area contributed by atoms with E-state index in [1.807, 2.05) is 13.8 Å². The molecule has 11 N–H and O–H groups in total. The summed E-state index contributed by atoms with van der Waals surface area (Å²) in [7, 11) is -1.94. The summed E-state index contributed by atoms with van der Waals surface area (Å²) >= 11 is 0. The van der Waals surface area contributed by atoms with Gasteiger partial charge in [0.1, 0.15) is 42.9 Å². The summed E-state index contributed by atoms with van der Waals surface area (Å²) in [6.45, 7) is 2.94. The van der Waals surface area contributed by atoms with E-state index in [1.165, 1.54) is 70.5 Å². The highest BCUT2D eigenvalue weighted by atomic mass is 32.2. The molecule has 0 aromatic heterocycles. The fourth-order valence-corrected chi connectivity index (χ4v) is 13.1. The Hall–Kier alpha value is -8.47. The Morgan fingerprint density at radius 2 is 0.938 bits per heavy atom. The molecule has 0 aliphatic heterocycles. The molecule has 33 heteroatoms. The number of aliphatic carboxylic acids is 4. The number of ether oxygens (including phenoxy) is 4. The maximum Gasteiger partial charge on any atom is 0.306 e. The first-order chi connectivity index (χ1) is 53.8. The molecule has 0 saturated heterocycles. The van der Waals surface area contributed by atoms with Gasteiger partial charge in [-0.1, -0.05) is 171 Å². The minimum Gasteiger partial charge on any atom is -0.481 e. The van der Waals surface area contributed by atoms with Gasteiger partial charge >= 0.3 is 23.9 Å². The molecule has 113 heavy (non-hydrogen) atoms. The summed E-state index contributed by atoms with van der Waals surface area (Å²) in [6.07, 6.45) is 15.0. The number of carbonyl (C=O) groups is 14. The number of likely N-dealkylation sites (N-methyl/N-ethyl adjacent to an activating group) is 2. The molecule has 32 nitrogen and oxygen atoms in total. The number of benzene rings is 2. The lowest BCUT2D eigenvalue weighted by molar-refractivity contribution is -0.152. The topological polar surface area (TPSA) is 492 Å². The normalized spacial score (nSPS) is 13.2. The Bertz CT molecular complexity index is 3360. The molecular formula is C80H125N7O25S. The minimum absolute atomic E-state index is 0.00159. The number of rotatable bonds is 71. The van der Waals surface area contributed by atoms with E-state index in [0.29, 0.717) is 56.1 Å². The van der Waals surface area contributed by atoms with Crippen LogP contribution < -0.4 is 27.0 Å². The molecule has 0 fully saturated rings. The fraction of sp³-hybridized carbons (Fsp3) is 0.675. The number of ketones is 4. The van der Waals surface area contributed by atoms with E-state index < -0.39 is 155 Å². The number of hydrogen-bond donors (Lipinski definition) is 10. The van der Waals surface area contributed by atoms with Crippen molar-refractivity contribution in [2.24, 2.45) is 17.6 Å². The Morgan fingerprint density at radius 3 is 1.48 bits per heavy atom. The van der Waals surface area contributed by atoms with Crippen LogP contribution in [0.5, 0.6) is 0 Å². The van der Waals surface area contributed by atoms with Crippen LogP contribution in [0.4, 0.5) is 0 Å². The van der Waals surface area contributed by atoms with Crippen LogP contribution in [0.25, 0.3) is 0 Å². The van der Waals surface area contributed by atoms with Gasteiger partial charge in [0.25, 0.3) is 10.1 Å². The van der Waals surface area contributed by atoms with Crippen molar-refractivity contribution in [3.8, 4) is 0 Å². The molecule has 636 valence electrons. The Balaban J connectivity index is 1.88. The van der Waals surface area contributed by atoms with Crippen LogP contribution in [-0.4, -0.2) is 236 Å². The second kappa shape index (κ2) is 59.3. The summed E-state index contributed by atoms with van der Waals surface area (Å²) in [5.74, 6) is -14.5. The minimum atomic E-state index is -4.45. The van der Waals surface area contributed by atoms with Gasteiger partial charge in [-0.25, -0.2) is 0 Å². The molecule has 0 bridgehead atoms. The molecule has 0 radical (unpaired) electrons. The van der Waals surface area contributed by atoms with Crippen molar-refractivity contribution in [3.63, 3.8) is 0 Å². The quantitative estimate of drug-likeness (QED) is 0.0243. The number of hydrogen-bond acceptors (Lipinski definition) is 21. The highest BCUT2D eigenvalue weighted by molar-refractivity contribution is 7.85. The zero-order chi connectivity index (χ0) is 83.9. The van der Waals surface area contributed by atoms with Crippen molar-refractivity contribution < 1.29 is 119 Å². The maximum absolute atomic E-state index is 14.5. The van der Waals surface area contributed by atoms with Crippen LogP contribution in [0.2, 0.25) is 0 Å². The van der Waals surface area contributed by atoms with Crippen molar-refractivity contribution in [1.29, 1.82) is 0 Å². The monoisotopic (exact) mass is 1620 g/mol. The van der Waals surface area contributed by atoms with Crippen molar-refractivity contribution in [2.75, 3.05) is 80.0 Å². The first kappa shape index (κ1) is 101. The SMILES string of the molecule is CCCC[C@H](NC(=O)[C@H](Cc1ccc(CS(=O)(=O)O)cc1)NC(=O)[C@@H](CC(=O)O)CC(=O)COCCOCCCC(=O)COCCOCCNC(=O)CC[C@H](CC(=O)CCCCCCCCCCCCCCCCC(=O)O)C(=O)O)C(=O)CN[C@@H](CCCC)C(=O)N(C)[C@H](CC(=O)O)C(=O)N(C)[C@@H](Cc1ccccc1)C(N)=O. The first-order valence-corrected chi connectivity index (χ1v) is 41.2. The number of carboxylic acids is 4. The molecule has 0 heterocycles. The summed E-state index contributed by atoms with van der Waals surface area (Å²) in [4.78, 5) is 184. The third-order valence-corrected chi connectivity index (χ3v) is 19.7. The zero-order valence-electron chi connectivity index (χ0n) is 66.4. The largest absolute Gasteiger partial charge is 0.481 e. The molecule has 0 aliphatic carbocycles. The maximum atomic E-state index is 14.5. The van der Waals surface area contributed by atoms with Gasteiger partial charge in [-0.15, -0.1) is 0 Å². The van der Waals surface area contributed by atoms with E-state index >= 15 is 0 Å². The zero-order valence-corrected chi connectivity index (χ0v) is 67.2. The molecule has 2 aromatic carbocycles. The number of Topliss-reactive ketones (excluding diaryl/α,β-unsaturated/α-hetero) is 4. The van der Waals surface area contributed by atoms with E-state index in [4.69, 9.17) is 29.8 Å². The lowest BCUT2D eigenvalue weighted by atomic mass is 9.94. The van der Waals surface area contributed by atoms with Gasteiger partial charge < -0.3 is 70.9 Å². The molecule has 0 aliphatic rings. The van der Waals surface area contributed by atoms with Crippen LogP contribution in [-0.2, 0) is 115 Å². The summed E-state index contributed by atoms with van der Waals surface area (Å²) in [5, 5.41) is 49.1. The Labute approximate surface area is 664 Å². The lowest BCUT2D eigenvalue weighted by Crippen LogP contribution is -2.58. The second-order valence-electron chi connectivity index (χ2n) is 28.7. The number of carbonyl (C=O) groups excluding carboxylic acids is 10. The molecule has 2 rings (SSSR count). The van der Waals surface area contributed by atoms with E-state index in [9.17, 15) is 95.4 Å². The predicted octanol–water partition coefficient (Wildman–Crippen LogP) is 6.70. The van der Waals surface area contributed by atoms with Gasteiger partial charge in [0, 0.05) is 78.6 Å². The fourth-order valence-electron chi connectivity index (χ4n) is 12.5. The van der Waals surface area contributed by atoms with E-state index in [2.05, 4.69) is 21.3 Å². The Morgan fingerprint density at radius 1 is 0.451 bits per heavy atom. The summed E-state index contributed by atoms with van der Waals surface area (Å²) < 4.78 is 54.6. The average molecular weight is 1620 g/mol. The molecule has 0 unspecified atom stereocenters. The number of nitrogens with one attached hydrogen (secondary N) is 4. The van der Waals surface area contributed by atoms with Gasteiger partial charge in [0.05, 0.1) is 76.3 Å². The molecule has 2 aromatic rings. The number of carboxylic acid groups (broad SMARTS) is 4. The smallest absolute Gasteiger partial charge is 0.306 e. The molecular weight excluding hydrogens is 1490 g/mol. The third kappa shape index (κ3) is 47.7.